The van der Waals surface area contributed by atoms with Crippen LogP contribution in [0.15, 0.2) is 24.3 Å². The second-order valence-electron chi connectivity index (χ2n) is 6.84. The van der Waals surface area contributed by atoms with Gasteiger partial charge in [0.25, 0.3) is 5.91 Å². The first-order valence-corrected chi connectivity index (χ1v) is 7.40. The van der Waals surface area contributed by atoms with Crippen molar-refractivity contribution < 1.29 is 14.7 Å². The molecular weight excluding hydrogens is 266 g/mol. The third-order valence-corrected chi connectivity index (χ3v) is 3.92. The zero-order valence-corrected chi connectivity index (χ0v) is 12.8. The van der Waals surface area contributed by atoms with Crippen LogP contribution in [0.4, 0.5) is 0 Å². The average molecular weight is 289 g/mol. The number of hydrogen-bond donors (Lipinski definition) is 2. The zero-order valence-electron chi connectivity index (χ0n) is 12.8. The lowest BCUT2D eigenvalue weighted by Gasteiger charge is -2.20. The molecule has 0 heterocycles. The van der Waals surface area contributed by atoms with Crippen molar-refractivity contribution in [2.24, 2.45) is 5.92 Å². The molecule has 1 aliphatic carbocycles. The fourth-order valence-corrected chi connectivity index (χ4v) is 2.40. The van der Waals surface area contributed by atoms with Crippen molar-refractivity contribution in [2.75, 3.05) is 0 Å². The Morgan fingerprint density at radius 2 is 1.81 bits per heavy atom. The molecule has 114 valence electrons. The molecule has 1 aromatic rings. The van der Waals surface area contributed by atoms with Crippen LogP contribution >= 0.6 is 0 Å². The fraction of sp³-hybridized carbons (Fsp3) is 0.529. The number of rotatable bonds is 5. The van der Waals surface area contributed by atoms with E-state index < -0.39 is 5.97 Å². The van der Waals surface area contributed by atoms with Crippen LogP contribution in [0.1, 0.15) is 56.0 Å². The quantitative estimate of drug-likeness (QED) is 0.875. The smallest absolute Gasteiger partial charge is 0.305 e. The molecule has 0 aromatic heterocycles. The van der Waals surface area contributed by atoms with Crippen LogP contribution in [0.2, 0.25) is 0 Å². The maximum absolute atomic E-state index is 12.2. The molecular formula is C17H23NO3. The van der Waals surface area contributed by atoms with Crippen LogP contribution in [0.5, 0.6) is 0 Å². The minimum Gasteiger partial charge on any atom is -0.481 e. The Kier molecular flexibility index (Phi) is 4.35. The summed E-state index contributed by atoms with van der Waals surface area (Å²) in [6, 6.07) is 7.27. The molecule has 4 nitrogen and oxygen atoms in total. The van der Waals surface area contributed by atoms with Crippen molar-refractivity contribution >= 4 is 11.9 Å². The van der Waals surface area contributed by atoms with Gasteiger partial charge in [-0.05, 0) is 41.9 Å². The first kappa shape index (κ1) is 15.5. The lowest BCUT2D eigenvalue weighted by molar-refractivity contribution is -0.137. The van der Waals surface area contributed by atoms with E-state index in [2.05, 4.69) is 26.1 Å². The van der Waals surface area contributed by atoms with Crippen LogP contribution in [-0.2, 0) is 10.2 Å². The van der Waals surface area contributed by atoms with Gasteiger partial charge in [-0.25, -0.2) is 0 Å². The Morgan fingerprint density at radius 1 is 1.24 bits per heavy atom. The predicted octanol–water partition coefficient (Wildman–Crippen LogP) is 2.97. The molecule has 1 atom stereocenters. The van der Waals surface area contributed by atoms with E-state index in [1.54, 1.807) is 12.1 Å². The molecule has 1 unspecified atom stereocenters. The van der Waals surface area contributed by atoms with Crippen LogP contribution in [0, 0.1) is 5.92 Å². The molecule has 0 aliphatic heterocycles. The van der Waals surface area contributed by atoms with Gasteiger partial charge in [0.1, 0.15) is 0 Å². The zero-order chi connectivity index (χ0) is 15.6. The third kappa shape index (κ3) is 4.31. The summed E-state index contributed by atoms with van der Waals surface area (Å²) in [6.45, 7) is 6.37. The summed E-state index contributed by atoms with van der Waals surface area (Å²) in [5, 5.41) is 11.8. The Balaban J connectivity index is 2.03. The largest absolute Gasteiger partial charge is 0.481 e. The number of hydrogen-bond acceptors (Lipinski definition) is 2. The molecule has 2 N–H and O–H groups in total. The van der Waals surface area contributed by atoms with Gasteiger partial charge in [-0.15, -0.1) is 0 Å². The molecule has 0 radical (unpaired) electrons. The summed E-state index contributed by atoms with van der Waals surface area (Å²) in [7, 11) is 0. The molecule has 1 amide bonds. The molecule has 1 aromatic carbocycles. The third-order valence-electron chi connectivity index (χ3n) is 3.92. The molecule has 2 rings (SSSR count). The Bertz CT molecular complexity index is 524. The Hall–Kier alpha value is -1.84. The molecule has 0 spiro atoms. The van der Waals surface area contributed by atoms with Gasteiger partial charge < -0.3 is 10.4 Å². The lowest BCUT2D eigenvalue weighted by Crippen LogP contribution is -2.38. The standard InChI is InChI=1S/C17H23NO3/c1-17(2,3)13-8-6-12(7-9-13)16(21)18-14(10-15(19)20)11-4-5-11/h6-9,11,14H,4-5,10H2,1-3H3,(H,18,21)(H,19,20). The minimum absolute atomic E-state index is 0.00349. The molecule has 1 saturated carbocycles. The summed E-state index contributed by atoms with van der Waals surface area (Å²) in [4.78, 5) is 23.1. The van der Waals surface area contributed by atoms with Crippen LogP contribution in [0.3, 0.4) is 0 Å². The van der Waals surface area contributed by atoms with E-state index in [0.29, 0.717) is 11.5 Å². The molecule has 4 heteroatoms. The van der Waals surface area contributed by atoms with Crippen molar-refractivity contribution in [1.82, 2.24) is 5.32 Å². The SMILES string of the molecule is CC(C)(C)c1ccc(C(=O)NC(CC(=O)O)C2CC2)cc1. The van der Waals surface area contributed by atoms with Gasteiger partial charge >= 0.3 is 5.97 Å². The van der Waals surface area contributed by atoms with Crippen molar-refractivity contribution in [3.63, 3.8) is 0 Å². The summed E-state index contributed by atoms with van der Waals surface area (Å²) < 4.78 is 0. The van der Waals surface area contributed by atoms with E-state index in [0.717, 1.165) is 12.8 Å². The monoisotopic (exact) mass is 289 g/mol. The maximum atomic E-state index is 12.2. The number of aliphatic carboxylic acids is 1. The number of carbonyl (C=O) groups is 2. The topological polar surface area (TPSA) is 66.4 Å². The van der Waals surface area contributed by atoms with Gasteiger partial charge in [0.15, 0.2) is 0 Å². The lowest BCUT2D eigenvalue weighted by atomic mass is 9.86. The van der Waals surface area contributed by atoms with E-state index in [9.17, 15) is 9.59 Å². The van der Waals surface area contributed by atoms with E-state index in [4.69, 9.17) is 5.11 Å². The molecule has 21 heavy (non-hydrogen) atoms. The number of nitrogens with one attached hydrogen (secondary N) is 1. The fourth-order valence-electron chi connectivity index (χ4n) is 2.40. The summed E-state index contributed by atoms with van der Waals surface area (Å²) in [5.41, 5.74) is 1.80. The number of carboxylic acid groups (broad SMARTS) is 1. The van der Waals surface area contributed by atoms with Gasteiger partial charge in [0.2, 0.25) is 0 Å². The van der Waals surface area contributed by atoms with E-state index in [1.165, 1.54) is 5.56 Å². The summed E-state index contributed by atoms with van der Waals surface area (Å²) >= 11 is 0. The highest BCUT2D eigenvalue weighted by molar-refractivity contribution is 5.94. The second-order valence-corrected chi connectivity index (χ2v) is 6.84. The van der Waals surface area contributed by atoms with Crippen LogP contribution < -0.4 is 5.32 Å². The highest BCUT2D eigenvalue weighted by atomic mass is 16.4. The molecule has 1 aliphatic rings. The maximum Gasteiger partial charge on any atom is 0.305 e. The number of carboxylic acids is 1. The van der Waals surface area contributed by atoms with Crippen LogP contribution in [0.25, 0.3) is 0 Å². The van der Waals surface area contributed by atoms with Gasteiger partial charge in [-0.2, -0.15) is 0 Å². The predicted molar refractivity (Wildman–Crippen MR) is 81.4 cm³/mol. The van der Waals surface area contributed by atoms with Crippen LogP contribution in [-0.4, -0.2) is 23.0 Å². The average Bonchev–Trinajstić information content (AvgIpc) is 3.20. The van der Waals surface area contributed by atoms with Crippen molar-refractivity contribution in [3.05, 3.63) is 35.4 Å². The van der Waals surface area contributed by atoms with Crippen molar-refractivity contribution in [1.29, 1.82) is 0 Å². The van der Waals surface area contributed by atoms with E-state index >= 15 is 0 Å². The molecule has 0 bridgehead atoms. The highest BCUT2D eigenvalue weighted by Gasteiger charge is 2.33. The first-order chi connectivity index (χ1) is 9.77. The summed E-state index contributed by atoms with van der Waals surface area (Å²) in [6.07, 6.45) is 2.00. The van der Waals surface area contributed by atoms with E-state index in [1.807, 2.05) is 12.1 Å². The van der Waals surface area contributed by atoms with E-state index in [-0.39, 0.29) is 23.8 Å². The van der Waals surface area contributed by atoms with Gasteiger partial charge in [-0.3, -0.25) is 9.59 Å². The normalized spacial score (nSPS) is 16.3. The summed E-state index contributed by atoms with van der Waals surface area (Å²) in [5.74, 6) is -0.734. The highest BCUT2D eigenvalue weighted by Crippen LogP contribution is 2.34. The van der Waals surface area contributed by atoms with Gasteiger partial charge in [0.05, 0.1) is 6.42 Å². The molecule has 1 fully saturated rings. The first-order valence-electron chi connectivity index (χ1n) is 7.40. The Morgan fingerprint density at radius 3 is 2.24 bits per heavy atom. The number of amides is 1. The molecule has 0 saturated heterocycles. The minimum atomic E-state index is -0.865. The van der Waals surface area contributed by atoms with Crippen molar-refractivity contribution in [2.45, 2.75) is 51.5 Å². The second kappa shape index (κ2) is 5.88. The van der Waals surface area contributed by atoms with Crippen molar-refractivity contribution in [3.8, 4) is 0 Å². The Labute approximate surface area is 125 Å². The number of benzene rings is 1. The van der Waals surface area contributed by atoms with Gasteiger partial charge in [-0.1, -0.05) is 32.9 Å². The number of carbonyl (C=O) groups excluding carboxylic acids is 1. The van der Waals surface area contributed by atoms with Gasteiger partial charge in [0, 0.05) is 11.6 Å².